The lowest BCUT2D eigenvalue weighted by Crippen LogP contribution is -2.53. The molecule has 0 aromatic carbocycles. The molecule has 168 valence electrons. The Morgan fingerprint density at radius 3 is 1.46 bits per heavy atom. The average molecular weight is 427 g/mol. The maximum Gasteiger partial charge on any atom is 0.0591 e. The van der Waals surface area contributed by atoms with Crippen molar-refractivity contribution in [2.45, 2.75) is 117 Å². The highest BCUT2D eigenvalue weighted by molar-refractivity contribution is 6.42. The van der Waals surface area contributed by atoms with Gasteiger partial charge in [0.05, 0.1) is 9.52 Å². The molecule has 0 heterocycles. The fourth-order valence-electron chi connectivity index (χ4n) is 3.90. The molecule has 0 spiro atoms. The second-order valence-electron chi connectivity index (χ2n) is 8.89. The summed E-state index contributed by atoms with van der Waals surface area (Å²) in [6, 6.07) is 3.08. The van der Waals surface area contributed by atoms with Crippen LogP contribution in [0.15, 0.2) is 11.3 Å². The largest absolute Gasteiger partial charge is 0.291 e. The molecule has 0 radical (unpaired) electrons. The molecule has 2 nitrogen and oxygen atoms in total. The van der Waals surface area contributed by atoms with E-state index in [1.54, 1.807) is 6.04 Å². The van der Waals surface area contributed by atoms with E-state index in [1.165, 1.54) is 95.6 Å². The highest BCUT2D eigenvalue weighted by atomic mass is 28.2. The summed E-state index contributed by atoms with van der Waals surface area (Å²) >= 11 is 0. The van der Waals surface area contributed by atoms with Crippen molar-refractivity contribution >= 4 is 19.0 Å². The minimum absolute atomic E-state index is 0.0599. The third-order valence-electron chi connectivity index (χ3n) is 5.76. The Morgan fingerprint density at radius 2 is 1.11 bits per heavy atom. The van der Waals surface area contributed by atoms with Gasteiger partial charge in [-0.2, -0.15) is 0 Å². The van der Waals surface area contributed by atoms with Crippen molar-refractivity contribution in [1.29, 1.82) is 0 Å². The Balaban J connectivity index is 5.00. The molecule has 0 saturated heterocycles. The molecule has 0 aliphatic rings. The summed E-state index contributed by atoms with van der Waals surface area (Å²) in [6.45, 7) is 19.2. The average Bonchev–Trinajstić information content (AvgIpc) is 2.68. The highest BCUT2D eigenvalue weighted by Crippen LogP contribution is 2.14. The summed E-state index contributed by atoms with van der Waals surface area (Å²) in [5.41, 5.74) is 4.10. The van der Waals surface area contributed by atoms with Crippen LogP contribution < -0.4 is 0 Å². The molecule has 0 bridgehead atoms. The molecule has 0 N–H and O–H groups in total. The first-order valence-corrected chi connectivity index (χ1v) is 16.3. The maximum absolute atomic E-state index is 2.93. The van der Waals surface area contributed by atoms with Crippen LogP contribution in [0.2, 0.25) is 12.1 Å². The second kappa shape index (κ2) is 20.4. The van der Waals surface area contributed by atoms with Gasteiger partial charge in [0, 0.05) is 15.3 Å². The Hall–Kier alpha value is 0.0938. The van der Waals surface area contributed by atoms with Crippen LogP contribution >= 0.6 is 0 Å². The number of nitrogens with zero attached hydrogens (tertiary/aromatic N) is 2. The molecule has 0 amide bonds. The predicted octanol–water partition coefficient (Wildman–Crippen LogP) is 5.56. The molecular weight excluding hydrogens is 372 g/mol. The summed E-state index contributed by atoms with van der Waals surface area (Å²) in [6.07, 6.45) is 12.3. The summed E-state index contributed by atoms with van der Waals surface area (Å²) in [7, 11) is -0.0155. The predicted molar refractivity (Wildman–Crippen MR) is 137 cm³/mol. The minimum Gasteiger partial charge on any atom is -0.291 e. The molecule has 0 atom stereocenters. The van der Waals surface area contributed by atoms with E-state index in [0.717, 1.165) is 5.79 Å². The monoisotopic (exact) mass is 426 g/mol. The normalized spacial score (nSPS) is 12.6. The summed E-state index contributed by atoms with van der Waals surface area (Å²) in [4.78, 5) is 5.86. The van der Waals surface area contributed by atoms with Gasteiger partial charge in [0.2, 0.25) is 0 Å². The van der Waals surface area contributed by atoms with E-state index in [2.05, 4.69) is 57.0 Å². The van der Waals surface area contributed by atoms with Crippen molar-refractivity contribution < 1.29 is 0 Å². The number of allylic oxidation sites excluding steroid dienone is 1. The molecule has 0 rings (SSSR count). The van der Waals surface area contributed by atoms with Gasteiger partial charge in [-0.1, -0.05) is 77.5 Å². The van der Waals surface area contributed by atoms with Gasteiger partial charge in [-0.05, 0) is 65.7 Å². The lowest BCUT2D eigenvalue weighted by molar-refractivity contribution is 0.0899. The second-order valence-corrected chi connectivity index (χ2v) is 12.6. The fraction of sp³-hybridized carbons (Fsp3) is 0.917. The standard InChI is InChI=1S/C24H54N2Si2/c1-7-11-16-25(17-12-8-2)24(26(18-13-9-3)19-14-10-4)28-21-15-20-27-22-23(5)6/h22,24H,7-21,27-28H2,1-6H3. The number of hydrogen-bond acceptors (Lipinski definition) is 2. The van der Waals surface area contributed by atoms with E-state index in [4.69, 9.17) is 0 Å². The van der Waals surface area contributed by atoms with Gasteiger partial charge in [-0.15, -0.1) is 5.70 Å². The molecule has 28 heavy (non-hydrogen) atoms. The number of hydrogen-bond donors (Lipinski definition) is 0. The van der Waals surface area contributed by atoms with E-state index in [9.17, 15) is 0 Å². The first-order chi connectivity index (χ1) is 13.6. The lowest BCUT2D eigenvalue weighted by atomic mass is 10.2. The lowest BCUT2D eigenvalue weighted by Gasteiger charge is -2.40. The number of unbranched alkanes of at least 4 members (excludes halogenated alkanes) is 4. The molecule has 0 fully saturated rings. The molecule has 0 aromatic rings. The van der Waals surface area contributed by atoms with Crippen LogP contribution in [0.5, 0.6) is 0 Å². The van der Waals surface area contributed by atoms with Crippen molar-refractivity contribution in [2.75, 3.05) is 26.2 Å². The summed E-state index contributed by atoms with van der Waals surface area (Å²) < 4.78 is 0. The van der Waals surface area contributed by atoms with Crippen molar-refractivity contribution in [3.05, 3.63) is 11.3 Å². The van der Waals surface area contributed by atoms with Crippen molar-refractivity contribution in [2.24, 2.45) is 0 Å². The van der Waals surface area contributed by atoms with Crippen LogP contribution in [-0.4, -0.2) is 60.8 Å². The van der Waals surface area contributed by atoms with Gasteiger partial charge >= 0.3 is 0 Å². The molecule has 0 aliphatic heterocycles. The first-order valence-electron chi connectivity index (χ1n) is 12.7. The molecule has 0 unspecified atom stereocenters. The van der Waals surface area contributed by atoms with E-state index < -0.39 is 0 Å². The van der Waals surface area contributed by atoms with E-state index in [0.29, 0.717) is 0 Å². The maximum atomic E-state index is 2.93. The van der Waals surface area contributed by atoms with Gasteiger partial charge in [0.1, 0.15) is 0 Å². The zero-order valence-electron chi connectivity index (χ0n) is 20.6. The van der Waals surface area contributed by atoms with Crippen LogP contribution in [0.25, 0.3) is 0 Å². The SMILES string of the molecule is CCCCN(CCCC)C([SiH2]CCC[SiH2]C=C(C)C)N(CCCC)CCCC. The molecule has 0 saturated carbocycles. The van der Waals surface area contributed by atoms with Gasteiger partial charge in [-0.25, -0.2) is 0 Å². The van der Waals surface area contributed by atoms with Crippen LogP contribution in [-0.2, 0) is 0 Å². The zero-order chi connectivity index (χ0) is 21.0. The quantitative estimate of drug-likeness (QED) is 0.143. The topological polar surface area (TPSA) is 6.48 Å². The minimum atomic E-state index is -0.0754. The highest BCUT2D eigenvalue weighted by Gasteiger charge is 2.24. The van der Waals surface area contributed by atoms with Crippen molar-refractivity contribution in [3.8, 4) is 0 Å². The fourth-order valence-corrected chi connectivity index (χ4v) is 8.50. The Bertz CT molecular complexity index is 321. The zero-order valence-corrected chi connectivity index (χ0v) is 23.4. The molecule has 0 aliphatic carbocycles. The first kappa shape index (κ1) is 28.1. The molecule has 0 aromatic heterocycles. The number of rotatable bonds is 20. The smallest absolute Gasteiger partial charge is 0.0591 e. The van der Waals surface area contributed by atoms with E-state index >= 15 is 0 Å². The third-order valence-corrected chi connectivity index (χ3v) is 10.2. The van der Waals surface area contributed by atoms with Crippen LogP contribution in [0.4, 0.5) is 0 Å². The van der Waals surface area contributed by atoms with E-state index in [1.807, 2.05) is 0 Å². The summed E-state index contributed by atoms with van der Waals surface area (Å²) in [5.74, 6) is 0.821. The van der Waals surface area contributed by atoms with Gasteiger partial charge in [0.25, 0.3) is 0 Å². The van der Waals surface area contributed by atoms with Crippen molar-refractivity contribution in [1.82, 2.24) is 9.80 Å². The Morgan fingerprint density at radius 1 is 0.679 bits per heavy atom. The van der Waals surface area contributed by atoms with Crippen LogP contribution in [0.3, 0.4) is 0 Å². The van der Waals surface area contributed by atoms with E-state index in [-0.39, 0.29) is 19.0 Å². The van der Waals surface area contributed by atoms with Crippen LogP contribution in [0.1, 0.15) is 99.3 Å². The Kier molecular flexibility index (Phi) is 20.4. The third kappa shape index (κ3) is 15.0. The molecule has 4 heteroatoms. The Labute approximate surface area is 183 Å². The van der Waals surface area contributed by atoms with Gasteiger partial charge in [0.15, 0.2) is 0 Å². The summed E-state index contributed by atoms with van der Waals surface area (Å²) in [5, 5.41) is 0. The molecular formula is C24H54N2Si2. The van der Waals surface area contributed by atoms with Gasteiger partial charge < -0.3 is 0 Å². The van der Waals surface area contributed by atoms with Gasteiger partial charge in [-0.3, -0.25) is 9.80 Å². The van der Waals surface area contributed by atoms with Crippen LogP contribution in [0, 0.1) is 0 Å². The van der Waals surface area contributed by atoms with Crippen molar-refractivity contribution in [3.63, 3.8) is 0 Å².